The molecular weight excluding hydrogens is 208 g/mol. The van der Waals surface area contributed by atoms with Gasteiger partial charge in [0.05, 0.1) is 0 Å². The first-order valence-electron chi connectivity index (χ1n) is 5.36. The van der Waals surface area contributed by atoms with Crippen molar-refractivity contribution in [1.82, 2.24) is 10.6 Å². The average Bonchev–Trinajstić information content (AvgIpc) is 2.69. The maximum Gasteiger partial charge on any atom is 0.327 e. The molecule has 1 aliphatic rings. The highest BCUT2D eigenvalue weighted by Gasteiger charge is 2.21. The van der Waals surface area contributed by atoms with Gasteiger partial charge in [-0.15, -0.1) is 12.3 Å². The number of amides is 2. The fourth-order valence-corrected chi connectivity index (χ4v) is 1.77. The fourth-order valence-electron chi connectivity index (χ4n) is 1.77. The molecule has 0 aromatic heterocycles. The van der Waals surface area contributed by atoms with Crippen molar-refractivity contribution in [3.8, 4) is 12.3 Å². The van der Waals surface area contributed by atoms with E-state index in [9.17, 15) is 9.59 Å². The maximum absolute atomic E-state index is 11.4. The van der Waals surface area contributed by atoms with Gasteiger partial charge in [-0.3, -0.25) is 0 Å². The Labute approximate surface area is 94.6 Å². The minimum absolute atomic E-state index is 0.00653. The maximum atomic E-state index is 11.4. The van der Waals surface area contributed by atoms with E-state index in [2.05, 4.69) is 16.6 Å². The summed E-state index contributed by atoms with van der Waals surface area (Å²) >= 11 is 0. The normalized spacial score (nSPS) is 17.4. The van der Waals surface area contributed by atoms with Crippen LogP contribution < -0.4 is 10.6 Å². The summed E-state index contributed by atoms with van der Waals surface area (Å²) in [6.07, 6.45) is 9.15. The van der Waals surface area contributed by atoms with E-state index in [-0.39, 0.29) is 12.5 Å². The average molecular weight is 224 g/mol. The van der Waals surface area contributed by atoms with Gasteiger partial charge in [0, 0.05) is 12.5 Å². The Morgan fingerprint density at radius 2 is 2.06 bits per heavy atom. The predicted molar refractivity (Wildman–Crippen MR) is 58.8 cm³/mol. The smallest absolute Gasteiger partial charge is 0.327 e. The summed E-state index contributed by atoms with van der Waals surface area (Å²) < 4.78 is 0. The lowest BCUT2D eigenvalue weighted by Crippen LogP contribution is -2.48. The highest BCUT2D eigenvalue weighted by molar-refractivity contribution is 5.82. The van der Waals surface area contributed by atoms with Crippen molar-refractivity contribution < 1.29 is 14.7 Å². The molecule has 1 atom stereocenters. The molecule has 0 aromatic carbocycles. The molecule has 0 aliphatic heterocycles. The van der Waals surface area contributed by atoms with Crippen LogP contribution in [-0.4, -0.2) is 29.2 Å². The molecular formula is C11H16N2O3. The lowest BCUT2D eigenvalue weighted by atomic mass is 10.2. The molecule has 88 valence electrons. The number of hydrogen-bond donors (Lipinski definition) is 3. The first kappa shape index (κ1) is 12.4. The number of terminal acetylenes is 1. The molecule has 0 radical (unpaired) electrons. The number of carbonyl (C=O) groups is 2. The molecule has 2 amide bonds. The van der Waals surface area contributed by atoms with Gasteiger partial charge in [-0.25, -0.2) is 9.59 Å². The van der Waals surface area contributed by atoms with E-state index in [0.29, 0.717) is 0 Å². The fraction of sp³-hybridized carbons (Fsp3) is 0.636. The number of carboxylic acid groups (broad SMARTS) is 1. The van der Waals surface area contributed by atoms with Gasteiger partial charge < -0.3 is 15.7 Å². The zero-order valence-electron chi connectivity index (χ0n) is 9.03. The highest BCUT2D eigenvalue weighted by atomic mass is 16.4. The predicted octanol–water partition coefficient (Wildman–Crippen LogP) is 0.705. The summed E-state index contributed by atoms with van der Waals surface area (Å²) in [5.74, 6) is 1.11. The molecule has 0 heterocycles. The summed E-state index contributed by atoms with van der Waals surface area (Å²) in [4.78, 5) is 22.2. The Morgan fingerprint density at radius 3 is 2.56 bits per heavy atom. The van der Waals surface area contributed by atoms with Crippen molar-refractivity contribution in [2.75, 3.05) is 0 Å². The third kappa shape index (κ3) is 3.81. The Kier molecular flexibility index (Phi) is 4.65. The third-order valence-corrected chi connectivity index (χ3v) is 2.62. The quantitative estimate of drug-likeness (QED) is 0.615. The van der Waals surface area contributed by atoms with E-state index in [1.165, 1.54) is 0 Å². The number of hydrogen-bond acceptors (Lipinski definition) is 2. The van der Waals surface area contributed by atoms with Crippen LogP contribution in [0, 0.1) is 12.3 Å². The van der Waals surface area contributed by atoms with Crippen molar-refractivity contribution in [3.05, 3.63) is 0 Å². The molecule has 1 saturated carbocycles. The van der Waals surface area contributed by atoms with Crippen molar-refractivity contribution in [1.29, 1.82) is 0 Å². The summed E-state index contributed by atoms with van der Waals surface area (Å²) in [6, 6.07) is -1.29. The van der Waals surface area contributed by atoms with E-state index in [1.807, 2.05) is 0 Å². The van der Waals surface area contributed by atoms with Gasteiger partial charge in [-0.2, -0.15) is 0 Å². The van der Waals surface area contributed by atoms with Crippen LogP contribution in [-0.2, 0) is 4.79 Å². The van der Waals surface area contributed by atoms with Crippen molar-refractivity contribution in [2.45, 2.75) is 44.2 Å². The number of rotatable bonds is 4. The lowest BCUT2D eigenvalue weighted by Gasteiger charge is -2.16. The Balaban J connectivity index is 2.36. The van der Waals surface area contributed by atoms with Crippen LogP contribution in [0.1, 0.15) is 32.1 Å². The monoisotopic (exact) mass is 224 g/mol. The topological polar surface area (TPSA) is 78.4 Å². The van der Waals surface area contributed by atoms with Crippen molar-refractivity contribution in [2.24, 2.45) is 0 Å². The zero-order valence-corrected chi connectivity index (χ0v) is 9.03. The minimum atomic E-state index is -1.11. The molecule has 0 spiro atoms. The molecule has 1 aliphatic carbocycles. The first-order valence-corrected chi connectivity index (χ1v) is 5.36. The van der Waals surface area contributed by atoms with Crippen LogP contribution in [0.5, 0.6) is 0 Å². The van der Waals surface area contributed by atoms with Crippen LogP contribution in [0.2, 0.25) is 0 Å². The van der Waals surface area contributed by atoms with Gasteiger partial charge in [-0.1, -0.05) is 12.8 Å². The number of carboxylic acids is 1. The lowest BCUT2D eigenvalue weighted by molar-refractivity contribution is -0.139. The van der Waals surface area contributed by atoms with E-state index < -0.39 is 18.0 Å². The van der Waals surface area contributed by atoms with E-state index >= 15 is 0 Å². The summed E-state index contributed by atoms with van der Waals surface area (Å²) in [6.45, 7) is 0. The van der Waals surface area contributed by atoms with Crippen molar-refractivity contribution >= 4 is 12.0 Å². The van der Waals surface area contributed by atoms with Crippen LogP contribution in [0.25, 0.3) is 0 Å². The Hall–Kier alpha value is -1.70. The molecule has 0 saturated heterocycles. The summed E-state index contributed by atoms with van der Waals surface area (Å²) in [5.41, 5.74) is 0. The van der Waals surface area contributed by atoms with Gasteiger partial charge in [0.25, 0.3) is 0 Å². The largest absolute Gasteiger partial charge is 0.480 e. The SMILES string of the molecule is C#CCC(NC(=O)NC1CCCC1)C(=O)O. The number of urea groups is 1. The van der Waals surface area contributed by atoms with Crippen LogP contribution in [0.4, 0.5) is 4.79 Å². The molecule has 3 N–H and O–H groups in total. The summed E-state index contributed by atoms with van der Waals surface area (Å²) in [7, 11) is 0. The standard InChI is InChI=1S/C11H16N2O3/c1-2-5-9(10(14)15)13-11(16)12-8-6-3-4-7-8/h1,8-9H,3-7H2,(H,14,15)(H2,12,13,16). The molecule has 1 rings (SSSR count). The van der Waals surface area contributed by atoms with Crippen LogP contribution >= 0.6 is 0 Å². The second-order valence-corrected chi connectivity index (χ2v) is 3.90. The Morgan fingerprint density at radius 1 is 1.44 bits per heavy atom. The molecule has 0 aromatic rings. The Bertz CT molecular complexity index is 303. The molecule has 5 nitrogen and oxygen atoms in total. The molecule has 1 unspecified atom stereocenters. The highest BCUT2D eigenvalue weighted by Crippen LogP contribution is 2.17. The van der Waals surface area contributed by atoms with Gasteiger partial charge in [0.2, 0.25) is 0 Å². The van der Waals surface area contributed by atoms with Gasteiger partial charge in [-0.05, 0) is 12.8 Å². The first-order chi connectivity index (χ1) is 7.63. The van der Waals surface area contributed by atoms with E-state index in [0.717, 1.165) is 25.7 Å². The number of carbonyl (C=O) groups excluding carboxylic acids is 1. The van der Waals surface area contributed by atoms with Crippen molar-refractivity contribution in [3.63, 3.8) is 0 Å². The molecule has 16 heavy (non-hydrogen) atoms. The zero-order chi connectivity index (χ0) is 12.0. The summed E-state index contributed by atoms with van der Waals surface area (Å²) in [5, 5.41) is 13.9. The van der Waals surface area contributed by atoms with Gasteiger partial charge >= 0.3 is 12.0 Å². The van der Waals surface area contributed by atoms with Gasteiger partial charge in [0.15, 0.2) is 0 Å². The number of aliphatic carboxylic acids is 1. The second-order valence-electron chi connectivity index (χ2n) is 3.90. The molecule has 5 heteroatoms. The molecule has 0 bridgehead atoms. The van der Waals surface area contributed by atoms with Crippen LogP contribution in [0.3, 0.4) is 0 Å². The van der Waals surface area contributed by atoms with Crippen LogP contribution in [0.15, 0.2) is 0 Å². The third-order valence-electron chi connectivity index (χ3n) is 2.62. The van der Waals surface area contributed by atoms with E-state index in [4.69, 9.17) is 11.5 Å². The number of nitrogens with one attached hydrogen (secondary N) is 2. The second kappa shape index (κ2) is 6.01. The minimum Gasteiger partial charge on any atom is -0.480 e. The molecule has 1 fully saturated rings. The van der Waals surface area contributed by atoms with E-state index in [1.54, 1.807) is 0 Å². The van der Waals surface area contributed by atoms with Gasteiger partial charge in [0.1, 0.15) is 6.04 Å².